The van der Waals surface area contributed by atoms with Crippen LogP contribution in [-0.2, 0) is 14.3 Å². The van der Waals surface area contributed by atoms with E-state index in [2.05, 4.69) is 17.1 Å². The average molecular weight is 298 g/mol. The van der Waals surface area contributed by atoms with Gasteiger partial charge < -0.3 is 14.8 Å². The first-order valence-electron chi connectivity index (χ1n) is 8.52. The van der Waals surface area contributed by atoms with E-state index < -0.39 is 0 Å². The normalized spacial score (nSPS) is 27.9. The lowest BCUT2D eigenvalue weighted by molar-refractivity contribution is -0.148. The van der Waals surface area contributed by atoms with E-state index in [4.69, 9.17) is 9.47 Å². The van der Waals surface area contributed by atoms with Crippen LogP contribution in [0.3, 0.4) is 0 Å². The predicted octanol–water partition coefficient (Wildman–Crippen LogP) is 1.56. The van der Waals surface area contributed by atoms with Gasteiger partial charge in [0.1, 0.15) is 6.04 Å². The van der Waals surface area contributed by atoms with Crippen LogP contribution in [0.5, 0.6) is 0 Å². The van der Waals surface area contributed by atoms with Crippen LogP contribution >= 0.6 is 0 Å². The van der Waals surface area contributed by atoms with Crippen molar-refractivity contribution in [1.82, 2.24) is 10.2 Å². The fraction of sp³-hybridized carbons (Fsp3) is 0.938. The lowest BCUT2D eigenvalue weighted by atomic mass is 9.90. The van der Waals surface area contributed by atoms with Crippen molar-refractivity contribution in [3.8, 4) is 0 Å². The summed E-state index contributed by atoms with van der Waals surface area (Å²) in [6.07, 6.45) is 6.27. The Balaban J connectivity index is 1.94. The van der Waals surface area contributed by atoms with Gasteiger partial charge in [-0.2, -0.15) is 0 Å². The van der Waals surface area contributed by atoms with Crippen LogP contribution in [0.1, 0.15) is 46.0 Å². The number of carbonyl (C=O) groups is 1. The number of nitrogens with one attached hydrogen (secondary N) is 1. The lowest BCUT2D eigenvalue weighted by Crippen LogP contribution is -2.57. The Morgan fingerprint density at radius 1 is 1.38 bits per heavy atom. The summed E-state index contributed by atoms with van der Waals surface area (Å²) >= 11 is 0. The molecule has 1 aliphatic carbocycles. The van der Waals surface area contributed by atoms with Gasteiger partial charge in [-0.25, -0.2) is 0 Å². The lowest BCUT2D eigenvalue weighted by Gasteiger charge is -2.44. The van der Waals surface area contributed by atoms with E-state index in [1.807, 2.05) is 6.92 Å². The van der Waals surface area contributed by atoms with Gasteiger partial charge in [-0.15, -0.1) is 0 Å². The molecule has 3 unspecified atom stereocenters. The molecule has 0 spiro atoms. The Morgan fingerprint density at radius 3 is 2.95 bits per heavy atom. The molecule has 0 aromatic carbocycles. The minimum absolute atomic E-state index is 0.121. The Morgan fingerprint density at radius 2 is 2.19 bits per heavy atom. The van der Waals surface area contributed by atoms with Crippen molar-refractivity contribution in [2.75, 3.05) is 32.8 Å². The largest absolute Gasteiger partial charge is 0.465 e. The zero-order chi connectivity index (χ0) is 15.1. The molecular weight excluding hydrogens is 268 g/mol. The van der Waals surface area contributed by atoms with E-state index in [1.54, 1.807) is 0 Å². The molecule has 122 valence electrons. The fourth-order valence-corrected chi connectivity index (χ4v) is 3.42. The standard InChI is InChI=1S/C16H30N2O3/c1-3-9-17-13(16(19)20-4-2)12-18-10-11-21-15-8-6-5-7-14(15)18/h13-15,17H,3-12H2,1-2H3. The minimum atomic E-state index is -0.217. The second-order valence-electron chi connectivity index (χ2n) is 6.01. The number of nitrogens with zero attached hydrogens (tertiary/aromatic N) is 1. The third-order valence-corrected chi connectivity index (χ3v) is 4.48. The quantitative estimate of drug-likeness (QED) is 0.723. The van der Waals surface area contributed by atoms with Crippen LogP contribution in [0.4, 0.5) is 0 Å². The van der Waals surface area contributed by atoms with Crippen LogP contribution in [-0.4, -0.2) is 61.9 Å². The van der Waals surface area contributed by atoms with Gasteiger partial charge in [-0.1, -0.05) is 19.8 Å². The van der Waals surface area contributed by atoms with Crippen molar-refractivity contribution in [2.45, 2.75) is 64.1 Å². The second kappa shape index (κ2) is 8.71. The van der Waals surface area contributed by atoms with E-state index in [1.165, 1.54) is 19.3 Å². The van der Waals surface area contributed by atoms with Crippen molar-refractivity contribution in [1.29, 1.82) is 0 Å². The average Bonchev–Trinajstić information content (AvgIpc) is 2.51. The van der Waals surface area contributed by atoms with Crippen LogP contribution in [0.25, 0.3) is 0 Å². The van der Waals surface area contributed by atoms with Gasteiger partial charge in [-0.3, -0.25) is 9.69 Å². The summed E-state index contributed by atoms with van der Waals surface area (Å²) < 4.78 is 11.1. The second-order valence-corrected chi connectivity index (χ2v) is 6.01. The molecule has 1 saturated heterocycles. The van der Waals surface area contributed by atoms with Gasteiger partial charge in [0, 0.05) is 19.1 Å². The van der Waals surface area contributed by atoms with Gasteiger partial charge in [0.2, 0.25) is 0 Å². The van der Waals surface area contributed by atoms with Gasteiger partial charge in [0.25, 0.3) is 0 Å². The molecule has 0 aromatic rings. The molecule has 1 saturated carbocycles. The van der Waals surface area contributed by atoms with Gasteiger partial charge in [-0.05, 0) is 32.7 Å². The highest BCUT2D eigenvalue weighted by atomic mass is 16.5. The van der Waals surface area contributed by atoms with E-state index in [9.17, 15) is 4.79 Å². The Bertz CT molecular complexity index is 323. The Kier molecular flexibility index (Phi) is 6.93. The molecule has 5 nitrogen and oxygen atoms in total. The van der Waals surface area contributed by atoms with Gasteiger partial charge in [0.15, 0.2) is 0 Å². The molecule has 3 atom stereocenters. The zero-order valence-corrected chi connectivity index (χ0v) is 13.5. The molecule has 2 aliphatic rings. The van der Waals surface area contributed by atoms with Crippen molar-refractivity contribution >= 4 is 5.97 Å². The number of carbonyl (C=O) groups excluding carboxylic acids is 1. The maximum absolute atomic E-state index is 12.1. The first-order valence-corrected chi connectivity index (χ1v) is 8.52. The molecule has 1 aliphatic heterocycles. The predicted molar refractivity (Wildman–Crippen MR) is 82.3 cm³/mol. The molecule has 0 amide bonds. The highest BCUT2D eigenvalue weighted by Crippen LogP contribution is 2.28. The summed E-state index contributed by atoms with van der Waals surface area (Å²) in [5, 5.41) is 3.34. The highest BCUT2D eigenvalue weighted by Gasteiger charge is 2.36. The van der Waals surface area contributed by atoms with Crippen LogP contribution in [0.2, 0.25) is 0 Å². The van der Waals surface area contributed by atoms with E-state index in [0.717, 1.165) is 39.1 Å². The number of ether oxygens (including phenoxy) is 2. The van der Waals surface area contributed by atoms with Gasteiger partial charge >= 0.3 is 5.97 Å². The first-order chi connectivity index (χ1) is 10.3. The van der Waals surface area contributed by atoms with E-state index >= 15 is 0 Å². The van der Waals surface area contributed by atoms with Crippen molar-refractivity contribution in [3.05, 3.63) is 0 Å². The monoisotopic (exact) mass is 298 g/mol. The summed E-state index contributed by atoms with van der Waals surface area (Å²) in [7, 11) is 0. The van der Waals surface area contributed by atoms with E-state index in [0.29, 0.717) is 18.8 Å². The topological polar surface area (TPSA) is 50.8 Å². The maximum Gasteiger partial charge on any atom is 0.324 e. The molecule has 0 aromatic heterocycles. The summed E-state index contributed by atoms with van der Waals surface area (Å²) in [5.41, 5.74) is 0. The molecule has 2 rings (SSSR count). The van der Waals surface area contributed by atoms with Crippen LogP contribution in [0.15, 0.2) is 0 Å². The van der Waals surface area contributed by atoms with E-state index in [-0.39, 0.29) is 12.0 Å². The summed E-state index contributed by atoms with van der Waals surface area (Å²) in [6, 6.07) is 0.262. The number of hydrogen-bond donors (Lipinski definition) is 1. The summed E-state index contributed by atoms with van der Waals surface area (Å²) in [6.45, 7) is 7.71. The van der Waals surface area contributed by atoms with Crippen molar-refractivity contribution in [3.63, 3.8) is 0 Å². The third kappa shape index (κ3) is 4.66. The zero-order valence-electron chi connectivity index (χ0n) is 13.5. The molecule has 2 fully saturated rings. The number of fused-ring (bicyclic) bond motifs is 1. The molecular formula is C16H30N2O3. The van der Waals surface area contributed by atoms with Crippen molar-refractivity contribution < 1.29 is 14.3 Å². The molecule has 0 radical (unpaired) electrons. The number of esters is 1. The molecule has 21 heavy (non-hydrogen) atoms. The van der Waals surface area contributed by atoms with Crippen LogP contribution < -0.4 is 5.32 Å². The summed E-state index contributed by atoms with van der Waals surface area (Å²) in [4.78, 5) is 14.6. The first kappa shape index (κ1) is 16.7. The molecule has 0 bridgehead atoms. The highest BCUT2D eigenvalue weighted by molar-refractivity contribution is 5.76. The smallest absolute Gasteiger partial charge is 0.324 e. The fourth-order valence-electron chi connectivity index (χ4n) is 3.42. The summed E-state index contributed by atoms with van der Waals surface area (Å²) in [5.74, 6) is -0.121. The minimum Gasteiger partial charge on any atom is -0.465 e. The van der Waals surface area contributed by atoms with Crippen LogP contribution in [0, 0.1) is 0 Å². The number of morpholine rings is 1. The van der Waals surface area contributed by atoms with Crippen molar-refractivity contribution in [2.24, 2.45) is 0 Å². The number of rotatable bonds is 7. The van der Waals surface area contributed by atoms with Gasteiger partial charge in [0.05, 0.1) is 19.3 Å². The molecule has 5 heteroatoms. The maximum atomic E-state index is 12.1. The third-order valence-electron chi connectivity index (χ3n) is 4.48. The molecule has 1 heterocycles. The SMILES string of the molecule is CCCNC(CN1CCOC2CCCCC21)C(=O)OCC. The number of hydrogen-bond acceptors (Lipinski definition) is 5. The molecule has 1 N–H and O–H groups in total. The Labute approximate surface area is 128 Å². The Hall–Kier alpha value is -0.650.